The predicted octanol–water partition coefficient (Wildman–Crippen LogP) is 2.61. The fourth-order valence-corrected chi connectivity index (χ4v) is 3.43. The van der Waals surface area contributed by atoms with Gasteiger partial charge in [0.05, 0.1) is 11.5 Å². The number of aryl methyl sites for hydroxylation is 1. The van der Waals surface area contributed by atoms with Crippen molar-refractivity contribution in [1.82, 2.24) is 9.97 Å². The van der Waals surface area contributed by atoms with Gasteiger partial charge in [0, 0.05) is 20.2 Å². The molecule has 0 N–H and O–H groups in total. The summed E-state index contributed by atoms with van der Waals surface area (Å²) in [5, 5.41) is 3.38. The number of methoxy groups -OCH3 is 1. The van der Waals surface area contributed by atoms with E-state index in [0.717, 1.165) is 36.6 Å². The van der Waals surface area contributed by atoms with Gasteiger partial charge >= 0.3 is 0 Å². The molecule has 1 fully saturated rings. The second-order valence-corrected chi connectivity index (χ2v) is 5.58. The normalized spacial score (nSPS) is 17.6. The van der Waals surface area contributed by atoms with E-state index in [9.17, 15) is 0 Å². The van der Waals surface area contributed by atoms with Crippen LogP contribution in [0.3, 0.4) is 0 Å². The summed E-state index contributed by atoms with van der Waals surface area (Å²) in [7, 11) is 1.80. The molecule has 0 aliphatic carbocycles. The third kappa shape index (κ3) is 1.97. The van der Waals surface area contributed by atoms with Crippen LogP contribution in [0.25, 0.3) is 10.2 Å². The maximum Gasteiger partial charge on any atom is 0.141 e. The Hall–Kier alpha value is -1.20. The van der Waals surface area contributed by atoms with Crippen molar-refractivity contribution in [2.24, 2.45) is 0 Å². The third-order valence-electron chi connectivity index (χ3n) is 3.61. The van der Waals surface area contributed by atoms with Crippen LogP contribution in [-0.4, -0.2) is 36.3 Å². The van der Waals surface area contributed by atoms with Crippen LogP contribution < -0.4 is 4.90 Å². The smallest absolute Gasteiger partial charge is 0.141 e. The summed E-state index contributed by atoms with van der Waals surface area (Å²) in [6.45, 7) is 4.16. The topological polar surface area (TPSA) is 38.2 Å². The fraction of sp³-hybridized carbons (Fsp3) is 0.538. The predicted molar refractivity (Wildman–Crippen MR) is 74.4 cm³/mol. The SMILES string of the molecule is COC1CCN(c2ncnc3scc(C)c23)CC1. The summed E-state index contributed by atoms with van der Waals surface area (Å²) < 4.78 is 5.41. The van der Waals surface area contributed by atoms with E-state index in [-0.39, 0.29) is 0 Å². The van der Waals surface area contributed by atoms with E-state index in [4.69, 9.17) is 4.74 Å². The summed E-state index contributed by atoms with van der Waals surface area (Å²) in [6, 6.07) is 0. The van der Waals surface area contributed by atoms with Crippen LogP contribution in [0.2, 0.25) is 0 Å². The van der Waals surface area contributed by atoms with Crippen LogP contribution in [0, 0.1) is 6.92 Å². The quantitative estimate of drug-likeness (QED) is 0.835. The first-order chi connectivity index (χ1) is 8.79. The Labute approximate surface area is 111 Å². The lowest BCUT2D eigenvalue weighted by atomic mass is 10.1. The molecule has 4 nitrogen and oxygen atoms in total. The Morgan fingerprint density at radius 1 is 1.33 bits per heavy atom. The van der Waals surface area contributed by atoms with Gasteiger partial charge in [-0.2, -0.15) is 0 Å². The molecule has 1 aliphatic heterocycles. The van der Waals surface area contributed by atoms with Crippen molar-refractivity contribution in [1.29, 1.82) is 0 Å². The molecule has 0 unspecified atom stereocenters. The summed E-state index contributed by atoms with van der Waals surface area (Å²) in [6.07, 6.45) is 4.23. The number of piperidine rings is 1. The van der Waals surface area contributed by atoms with Crippen LogP contribution in [0.15, 0.2) is 11.7 Å². The van der Waals surface area contributed by atoms with Gasteiger partial charge in [0.15, 0.2) is 0 Å². The van der Waals surface area contributed by atoms with Crippen molar-refractivity contribution in [3.8, 4) is 0 Å². The second-order valence-electron chi connectivity index (χ2n) is 4.72. The molecule has 0 amide bonds. The number of hydrogen-bond donors (Lipinski definition) is 0. The van der Waals surface area contributed by atoms with Crippen LogP contribution in [0.1, 0.15) is 18.4 Å². The Balaban J connectivity index is 1.93. The molecule has 1 saturated heterocycles. The Kier molecular flexibility index (Phi) is 3.18. The van der Waals surface area contributed by atoms with E-state index in [0.29, 0.717) is 6.10 Å². The first-order valence-electron chi connectivity index (χ1n) is 6.26. The lowest BCUT2D eigenvalue weighted by molar-refractivity contribution is 0.0818. The number of hydrogen-bond acceptors (Lipinski definition) is 5. The zero-order valence-electron chi connectivity index (χ0n) is 10.7. The Bertz CT molecular complexity index is 546. The van der Waals surface area contributed by atoms with Gasteiger partial charge < -0.3 is 9.64 Å². The number of nitrogens with zero attached hydrogens (tertiary/aromatic N) is 3. The zero-order valence-corrected chi connectivity index (χ0v) is 11.5. The van der Waals surface area contributed by atoms with Crippen molar-refractivity contribution in [2.45, 2.75) is 25.9 Å². The molecule has 96 valence electrons. The number of thiophene rings is 1. The minimum Gasteiger partial charge on any atom is -0.381 e. The van der Waals surface area contributed by atoms with Crippen LogP contribution in [0.5, 0.6) is 0 Å². The van der Waals surface area contributed by atoms with Gasteiger partial charge in [0.2, 0.25) is 0 Å². The molecule has 0 bridgehead atoms. The number of anilines is 1. The number of rotatable bonds is 2. The largest absolute Gasteiger partial charge is 0.381 e. The lowest BCUT2D eigenvalue weighted by Gasteiger charge is -2.32. The number of fused-ring (bicyclic) bond motifs is 1. The van der Waals surface area contributed by atoms with Gasteiger partial charge in [-0.05, 0) is 30.7 Å². The van der Waals surface area contributed by atoms with Gasteiger partial charge in [-0.3, -0.25) is 0 Å². The summed E-state index contributed by atoms with van der Waals surface area (Å²) in [4.78, 5) is 12.3. The highest BCUT2D eigenvalue weighted by Gasteiger charge is 2.22. The van der Waals surface area contributed by atoms with Crippen molar-refractivity contribution in [3.05, 3.63) is 17.3 Å². The first kappa shape index (κ1) is 11.9. The molecule has 5 heteroatoms. The summed E-state index contributed by atoms with van der Waals surface area (Å²) in [5.74, 6) is 1.09. The van der Waals surface area contributed by atoms with Gasteiger partial charge in [-0.25, -0.2) is 9.97 Å². The summed E-state index contributed by atoms with van der Waals surface area (Å²) >= 11 is 1.69. The van der Waals surface area contributed by atoms with Crippen molar-refractivity contribution in [3.63, 3.8) is 0 Å². The van der Waals surface area contributed by atoms with Crippen LogP contribution in [0.4, 0.5) is 5.82 Å². The van der Waals surface area contributed by atoms with E-state index in [1.807, 2.05) is 0 Å². The minimum atomic E-state index is 0.405. The molecule has 3 heterocycles. The zero-order chi connectivity index (χ0) is 12.5. The highest BCUT2D eigenvalue weighted by atomic mass is 32.1. The van der Waals surface area contributed by atoms with E-state index in [1.54, 1.807) is 24.8 Å². The molecular weight excluding hydrogens is 246 g/mol. The van der Waals surface area contributed by atoms with Crippen molar-refractivity contribution in [2.75, 3.05) is 25.1 Å². The van der Waals surface area contributed by atoms with Gasteiger partial charge in [0.1, 0.15) is 17.0 Å². The van der Waals surface area contributed by atoms with Gasteiger partial charge in [-0.1, -0.05) is 0 Å². The molecule has 2 aromatic heterocycles. The Morgan fingerprint density at radius 3 is 2.83 bits per heavy atom. The average molecular weight is 263 g/mol. The molecule has 0 radical (unpaired) electrons. The second kappa shape index (κ2) is 4.82. The highest BCUT2D eigenvalue weighted by molar-refractivity contribution is 7.17. The molecule has 0 atom stereocenters. The molecule has 1 aliphatic rings. The minimum absolute atomic E-state index is 0.405. The van der Waals surface area contributed by atoms with Gasteiger partial charge in [0.25, 0.3) is 0 Å². The maximum atomic E-state index is 5.41. The lowest BCUT2D eigenvalue weighted by Crippen LogP contribution is -2.37. The van der Waals surface area contributed by atoms with Crippen molar-refractivity contribution >= 4 is 27.4 Å². The van der Waals surface area contributed by atoms with Gasteiger partial charge in [-0.15, -0.1) is 11.3 Å². The molecule has 18 heavy (non-hydrogen) atoms. The number of ether oxygens (including phenoxy) is 1. The number of aromatic nitrogens is 2. The first-order valence-corrected chi connectivity index (χ1v) is 7.14. The van der Waals surface area contributed by atoms with E-state index >= 15 is 0 Å². The molecule has 0 saturated carbocycles. The fourth-order valence-electron chi connectivity index (χ4n) is 2.54. The molecule has 0 spiro atoms. The van der Waals surface area contributed by atoms with Crippen molar-refractivity contribution < 1.29 is 4.74 Å². The maximum absolute atomic E-state index is 5.41. The molecule has 0 aromatic carbocycles. The summed E-state index contributed by atoms with van der Waals surface area (Å²) in [5.41, 5.74) is 1.28. The monoisotopic (exact) mass is 263 g/mol. The highest BCUT2D eigenvalue weighted by Crippen LogP contribution is 2.32. The molecular formula is C13H17N3OS. The molecule has 3 rings (SSSR count). The standard InChI is InChI=1S/C13H17N3OS/c1-9-7-18-13-11(9)12(14-8-15-13)16-5-3-10(17-2)4-6-16/h7-8,10H,3-6H2,1-2H3. The Morgan fingerprint density at radius 2 is 2.11 bits per heavy atom. The van der Waals surface area contributed by atoms with E-state index in [2.05, 4.69) is 27.2 Å². The van der Waals surface area contributed by atoms with E-state index < -0.39 is 0 Å². The third-order valence-corrected chi connectivity index (χ3v) is 4.61. The van der Waals surface area contributed by atoms with Crippen LogP contribution in [-0.2, 0) is 4.74 Å². The average Bonchev–Trinajstić information content (AvgIpc) is 2.81. The molecule has 2 aromatic rings. The van der Waals surface area contributed by atoms with Crippen LogP contribution >= 0.6 is 11.3 Å². The van der Waals surface area contributed by atoms with E-state index in [1.165, 1.54) is 10.9 Å².